The van der Waals surface area contributed by atoms with Gasteiger partial charge in [0.25, 0.3) is 0 Å². The van der Waals surface area contributed by atoms with E-state index < -0.39 is 6.09 Å². The van der Waals surface area contributed by atoms with Crippen molar-refractivity contribution in [3.05, 3.63) is 48.5 Å². The van der Waals surface area contributed by atoms with Gasteiger partial charge in [0.05, 0.1) is 17.6 Å². The van der Waals surface area contributed by atoms with E-state index in [0.29, 0.717) is 16.8 Å². The number of hydrogen-bond acceptors (Lipinski definition) is 6. The first-order chi connectivity index (χ1) is 13.0. The number of imidazole rings is 1. The van der Waals surface area contributed by atoms with Crippen LogP contribution in [0.25, 0.3) is 11.0 Å². The van der Waals surface area contributed by atoms with Crippen molar-refractivity contribution in [2.24, 2.45) is 0 Å². The van der Waals surface area contributed by atoms with E-state index in [1.807, 2.05) is 49.3 Å². The lowest BCUT2D eigenvalue weighted by molar-refractivity contribution is 0.167. The minimum absolute atomic E-state index is 0.156. The Morgan fingerprint density at radius 3 is 2.74 bits per heavy atom. The number of para-hydroxylation sites is 2. The zero-order chi connectivity index (χ0) is 19.4. The Bertz CT molecular complexity index is 980. The number of aromatic nitrogens is 2. The van der Waals surface area contributed by atoms with Crippen molar-refractivity contribution in [2.75, 3.05) is 30.9 Å². The quantitative estimate of drug-likeness (QED) is 0.544. The largest absolute Gasteiger partial charge is 0.450 e. The summed E-state index contributed by atoms with van der Waals surface area (Å²) in [4.78, 5) is 18.1. The normalized spacial score (nSPS) is 10.5. The summed E-state index contributed by atoms with van der Waals surface area (Å²) in [5.74, 6) is 0.662. The third-order valence-electron chi connectivity index (χ3n) is 3.80. The molecular formula is C19H21N5O3. The number of nitrogens with one attached hydrogen (secondary N) is 2. The van der Waals surface area contributed by atoms with E-state index in [2.05, 4.69) is 10.3 Å². The molecule has 0 saturated heterocycles. The Morgan fingerprint density at radius 1 is 1.22 bits per heavy atom. The number of rotatable bonds is 4. The number of anilines is 2. The Kier molecular flexibility index (Phi) is 5.25. The van der Waals surface area contributed by atoms with Crippen molar-refractivity contribution in [3.63, 3.8) is 0 Å². The summed E-state index contributed by atoms with van der Waals surface area (Å²) in [6, 6.07) is 14.4. The predicted molar refractivity (Wildman–Crippen MR) is 105 cm³/mol. The summed E-state index contributed by atoms with van der Waals surface area (Å²) in [5, 5.41) is 11.0. The fourth-order valence-corrected chi connectivity index (χ4v) is 2.56. The maximum Gasteiger partial charge on any atom is 0.413 e. The molecule has 3 rings (SSSR count). The average molecular weight is 367 g/mol. The molecule has 2 N–H and O–H groups in total. The van der Waals surface area contributed by atoms with Gasteiger partial charge >= 0.3 is 12.1 Å². The summed E-state index contributed by atoms with van der Waals surface area (Å²) in [5.41, 5.74) is 2.21. The Balaban J connectivity index is 1.95. The number of amides is 1. The number of nitrogens with zero attached hydrogens (tertiary/aromatic N) is 3. The van der Waals surface area contributed by atoms with Crippen molar-refractivity contribution in [2.45, 2.75) is 6.92 Å². The van der Waals surface area contributed by atoms with Gasteiger partial charge in [-0.1, -0.05) is 18.2 Å². The molecule has 0 radical (unpaired) electrons. The topological polar surface area (TPSA) is 92.5 Å². The van der Waals surface area contributed by atoms with Crippen molar-refractivity contribution in [1.29, 1.82) is 5.41 Å². The molecule has 3 aromatic rings. The van der Waals surface area contributed by atoms with E-state index in [4.69, 9.17) is 14.9 Å². The maximum absolute atomic E-state index is 11.8. The SMILES string of the molecule is CCOC(=O)Nc1nc2ccccc2n1C(=N)Oc1cccc(N(C)C)c1. The van der Waals surface area contributed by atoms with Crippen LogP contribution in [0, 0.1) is 5.41 Å². The molecule has 8 nitrogen and oxygen atoms in total. The molecule has 0 spiro atoms. The lowest BCUT2D eigenvalue weighted by Crippen LogP contribution is -2.23. The summed E-state index contributed by atoms with van der Waals surface area (Å²) in [6.07, 6.45) is -0.642. The van der Waals surface area contributed by atoms with Crippen LogP contribution in [-0.2, 0) is 4.74 Å². The van der Waals surface area contributed by atoms with Gasteiger partial charge in [-0.15, -0.1) is 0 Å². The van der Waals surface area contributed by atoms with Crippen LogP contribution in [0.2, 0.25) is 0 Å². The molecule has 27 heavy (non-hydrogen) atoms. The summed E-state index contributed by atoms with van der Waals surface area (Å²) in [6.45, 7) is 1.95. The highest BCUT2D eigenvalue weighted by molar-refractivity contribution is 5.95. The highest BCUT2D eigenvalue weighted by Crippen LogP contribution is 2.23. The van der Waals surface area contributed by atoms with E-state index in [1.165, 1.54) is 4.57 Å². The van der Waals surface area contributed by atoms with E-state index in [9.17, 15) is 4.79 Å². The van der Waals surface area contributed by atoms with Crippen molar-refractivity contribution >= 4 is 34.8 Å². The van der Waals surface area contributed by atoms with Crippen molar-refractivity contribution in [3.8, 4) is 5.75 Å². The number of fused-ring (bicyclic) bond motifs is 1. The van der Waals surface area contributed by atoms with Crippen LogP contribution < -0.4 is 15.0 Å². The predicted octanol–water partition coefficient (Wildman–Crippen LogP) is 3.53. The van der Waals surface area contributed by atoms with Gasteiger partial charge in [0, 0.05) is 25.8 Å². The summed E-state index contributed by atoms with van der Waals surface area (Å²) >= 11 is 0. The molecule has 0 saturated carbocycles. The number of hydrogen-bond donors (Lipinski definition) is 2. The molecule has 0 aliphatic carbocycles. The van der Waals surface area contributed by atoms with Crippen LogP contribution in [0.1, 0.15) is 6.92 Å². The molecule has 140 valence electrons. The number of benzene rings is 2. The molecule has 8 heteroatoms. The Labute approximate surface area is 156 Å². The van der Waals surface area contributed by atoms with Gasteiger partial charge in [-0.05, 0) is 31.2 Å². The third kappa shape index (κ3) is 4.00. The van der Waals surface area contributed by atoms with Gasteiger partial charge in [0.1, 0.15) is 5.75 Å². The van der Waals surface area contributed by atoms with E-state index >= 15 is 0 Å². The monoisotopic (exact) mass is 367 g/mol. The van der Waals surface area contributed by atoms with Gasteiger partial charge in [-0.25, -0.2) is 14.3 Å². The first-order valence-electron chi connectivity index (χ1n) is 8.45. The fourth-order valence-electron chi connectivity index (χ4n) is 2.56. The van der Waals surface area contributed by atoms with Gasteiger partial charge in [-0.3, -0.25) is 10.7 Å². The first-order valence-corrected chi connectivity index (χ1v) is 8.45. The van der Waals surface area contributed by atoms with Crippen molar-refractivity contribution < 1.29 is 14.3 Å². The van der Waals surface area contributed by atoms with Gasteiger partial charge < -0.3 is 14.4 Å². The van der Waals surface area contributed by atoms with Gasteiger partial charge in [0.15, 0.2) is 0 Å². The summed E-state index contributed by atoms with van der Waals surface area (Å²) < 4.78 is 12.1. The standard InChI is InChI=1S/C19H21N5O3/c1-4-26-19(25)22-18-21-15-10-5-6-11-16(15)24(18)17(20)27-14-9-7-8-13(12-14)23(2)3/h5-12,20H,4H2,1-3H3,(H,21,22,25). The molecule has 0 fully saturated rings. The van der Waals surface area contributed by atoms with Gasteiger partial charge in [0.2, 0.25) is 5.95 Å². The van der Waals surface area contributed by atoms with Crippen LogP contribution in [0.4, 0.5) is 16.4 Å². The highest BCUT2D eigenvalue weighted by atomic mass is 16.5. The molecular weight excluding hydrogens is 346 g/mol. The minimum Gasteiger partial charge on any atom is -0.450 e. The smallest absolute Gasteiger partial charge is 0.413 e. The number of carbonyl (C=O) groups excluding carboxylic acids is 1. The molecule has 1 amide bonds. The van der Waals surface area contributed by atoms with Gasteiger partial charge in [-0.2, -0.15) is 0 Å². The molecule has 1 aromatic heterocycles. The molecule has 0 aliphatic rings. The molecule has 1 heterocycles. The number of carbonyl (C=O) groups is 1. The van der Waals surface area contributed by atoms with E-state index in [-0.39, 0.29) is 18.6 Å². The fraction of sp³-hybridized carbons (Fsp3) is 0.211. The van der Waals surface area contributed by atoms with E-state index in [0.717, 1.165) is 5.69 Å². The average Bonchev–Trinajstić information content (AvgIpc) is 2.99. The minimum atomic E-state index is -0.642. The second-order valence-corrected chi connectivity index (χ2v) is 5.90. The zero-order valence-electron chi connectivity index (χ0n) is 15.4. The second kappa shape index (κ2) is 7.77. The second-order valence-electron chi connectivity index (χ2n) is 5.90. The molecule has 0 aliphatic heterocycles. The third-order valence-corrected chi connectivity index (χ3v) is 3.80. The first kappa shape index (κ1) is 18.2. The molecule has 0 bridgehead atoms. The highest BCUT2D eigenvalue weighted by Gasteiger charge is 2.18. The van der Waals surface area contributed by atoms with Crippen LogP contribution in [-0.4, -0.2) is 42.4 Å². The van der Waals surface area contributed by atoms with Crippen LogP contribution >= 0.6 is 0 Å². The molecule has 0 unspecified atom stereocenters. The number of ether oxygens (including phenoxy) is 2. The van der Waals surface area contributed by atoms with Crippen molar-refractivity contribution in [1.82, 2.24) is 9.55 Å². The summed E-state index contributed by atoms with van der Waals surface area (Å²) in [7, 11) is 3.85. The lowest BCUT2D eigenvalue weighted by Gasteiger charge is -2.15. The van der Waals surface area contributed by atoms with Crippen LogP contribution in [0.5, 0.6) is 5.75 Å². The van der Waals surface area contributed by atoms with Crippen LogP contribution in [0.15, 0.2) is 48.5 Å². The maximum atomic E-state index is 11.8. The Morgan fingerprint density at radius 2 is 2.00 bits per heavy atom. The Hall–Kier alpha value is -3.55. The lowest BCUT2D eigenvalue weighted by atomic mass is 10.3. The molecule has 0 atom stereocenters. The van der Waals surface area contributed by atoms with Crippen LogP contribution in [0.3, 0.4) is 0 Å². The zero-order valence-corrected chi connectivity index (χ0v) is 15.4. The van der Waals surface area contributed by atoms with E-state index in [1.54, 1.807) is 25.1 Å². The molecule has 2 aromatic carbocycles.